The van der Waals surface area contributed by atoms with E-state index >= 15 is 0 Å². The molecule has 0 radical (unpaired) electrons. The van der Waals surface area contributed by atoms with Gasteiger partial charge >= 0.3 is 12.4 Å². The van der Waals surface area contributed by atoms with E-state index in [1.54, 1.807) is 11.0 Å². The predicted molar refractivity (Wildman–Crippen MR) is 159 cm³/mol. The molecule has 3 fully saturated rings. The Kier molecular flexibility index (Phi) is 10.2. The van der Waals surface area contributed by atoms with Gasteiger partial charge in [-0.25, -0.2) is 0 Å². The molecule has 0 spiro atoms. The number of halogens is 7. The van der Waals surface area contributed by atoms with E-state index in [4.69, 9.17) is 11.6 Å². The topological polar surface area (TPSA) is 26.8 Å². The number of nitrogens with zero attached hydrogens (tertiary/aromatic N) is 3. The van der Waals surface area contributed by atoms with E-state index in [1.807, 2.05) is 18.2 Å². The van der Waals surface area contributed by atoms with E-state index in [1.165, 1.54) is 32.1 Å². The highest BCUT2D eigenvalue weighted by molar-refractivity contribution is 6.30. The molecule has 0 bridgehead atoms. The number of likely N-dealkylation sites (tertiary alicyclic amines) is 1. The summed E-state index contributed by atoms with van der Waals surface area (Å²) in [4.78, 5) is 20.2. The Bertz CT molecular complexity index is 1250. The molecule has 1 aliphatic carbocycles. The molecule has 3 aliphatic rings. The van der Waals surface area contributed by atoms with Gasteiger partial charge in [0.1, 0.15) is 0 Å². The first-order chi connectivity index (χ1) is 20.8. The fourth-order valence-electron chi connectivity index (χ4n) is 7.33. The molecule has 2 aliphatic heterocycles. The quantitative estimate of drug-likeness (QED) is 0.288. The Morgan fingerprint density at radius 2 is 1.50 bits per heavy atom. The van der Waals surface area contributed by atoms with Crippen molar-refractivity contribution in [3.05, 3.63) is 69.7 Å². The van der Waals surface area contributed by atoms with Crippen LogP contribution in [0.3, 0.4) is 0 Å². The maximum atomic E-state index is 13.5. The van der Waals surface area contributed by atoms with Crippen molar-refractivity contribution >= 4 is 17.5 Å². The van der Waals surface area contributed by atoms with Gasteiger partial charge in [0.25, 0.3) is 0 Å². The lowest BCUT2D eigenvalue weighted by Gasteiger charge is -2.46. The number of hydrogen-bond acceptors (Lipinski definition) is 3. The van der Waals surface area contributed by atoms with E-state index < -0.39 is 41.2 Å². The van der Waals surface area contributed by atoms with Crippen LogP contribution >= 0.6 is 11.6 Å². The number of piperazine rings is 1. The van der Waals surface area contributed by atoms with Gasteiger partial charge in [-0.1, -0.05) is 43.0 Å². The fraction of sp³-hybridized carbons (Fsp3) is 0.606. The third-order valence-corrected chi connectivity index (χ3v) is 10.0. The van der Waals surface area contributed by atoms with Crippen LogP contribution in [-0.4, -0.2) is 72.5 Å². The molecule has 2 heterocycles. The zero-order chi connectivity index (χ0) is 31.5. The van der Waals surface area contributed by atoms with Gasteiger partial charge < -0.3 is 9.80 Å². The zero-order valence-corrected chi connectivity index (χ0v) is 25.6. The molecule has 0 unspecified atom stereocenters. The maximum Gasteiger partial charge on any atom is 0.416 e. The van der Waals surface area contributed by atoms with Gasteiger partial charge in [-0.05, 0) is 80.1 Å². The second-order valence-corrected chi connectivity index (χ2v) is 13.2. The second-order valence-electron chi connectivity index (χ2n) is 12.7. The number of hydrogen-bond donors (Lipinski definition) is 0. The van der Waals surface area contributed by atoms with Crippen LogP contribution < -0.4 is 0 Å². The Morgan fingerprint density at radius 1 is 0.841 bits per heavy atom. The first-order valence-corrected chi connectivity index (χ1v) is 16.0. The van der Waals surface area contributed by atoms with Gasteiger partial charge in [-0.15, -0.1) is 0 Å². The molecule has 0 aromatic heterocycles. The van der Waals surface area contributed by atoms with Crippen molar-refractivity contribution < 1.29 is 31.1 Å². The highest BCUT2D eigenvalue weighted by Gasteiger charge is 2.40. The van der Waals surface area contributed by atoms with E-state index in [-0.39, 0.29) is 11.6 Å². The van der Waals surface area contributed by atoms with Crippen molar-refractivity contribution in [2.75, 3.05) is 45.8 Å². The number of piperidine rings is 1. The van der Waals surface area contributed by atoms with Crippen molar-refractivity contribution in [1.82, 2.24) is 14.7 Å². The lowest BCUT2D eigenvalue weighted by molar-refractivity contribution is -0.143. The number of carbonyl (C=O) groups excluding carboxylic acids is 1. The van der Waals surface area contributed by atoms with Gasteiger partial charge in [-0.2, -0.15) is 26.3 Å². The molecule has 242 valence electrons. The van der Waals surface area contributed by atoms with Gasteiger partial charge in [0.05, 0.1) is 17.5 Å². The molecule has 0 N–H and O–H groups in total. The summed E-state index contributed by atoms with van der Waals surface area (Å²) < 4.78 is 80.5. The summed E-state index contributed by atoms with van der Waals surface area (Å²) >= 11 is 6.39. The molecule has 1 saturated carbocycles. The summed E-state index contributed by atoms with van der Waals surface area (Å²) in [5.41, 5.74) is -2.55. The fourth-order valence-corrected chi connectivity index (χ4v) is 7.52. The summed E-state index contributed by atoms with van der Waals surface area (Å²) in [5.74, 6) is -0.482. The molecule has 44 heavy (non-hydrogen) atoms. The van der Waals surface area contributed by atoms with Gasteiger partial charge in [0.2, 0.25) is 5.91 Å². The molecule has 4 nitrogen and oxygen atoms in total. The number of carbonyl (C=O) groups is 1. The van der Waals surface area contributed by atoms with Crippen LogP contribution in [-0.2, 0) is 29.0 Å². The van der Waals surface area contributed by atoms with Crippen molar-refractivity contribution in [2.45, 2.75) is 81.6 Å². The number of rotatable bonds is 7. The first kappa shape index (κ1) is 33.1. The summed E-state index contributed by atoms with van der Waals surface area (Å²) in [5, 5.41) is 0.579. The minimum Gasteiger partial charge on any atom is -0.342 e. The first-order valence-electron chi connectivity index (χ1n) is 15.6. The standard InChI is InChI=1S/C33H40ClF6N3O/c34-28-7-4-6-25(22-28)31(11-13-41-14-16-42(17-15-41)29-8-2-1-3-9-29)10-5-12-43(23-31)30(44)20-24-18-26(32(35,36)37)21-27(19-24)33(38,39)40/h4,6-7,18-19,21-22,29H,1-3,5,8-17,20,23H2/t31-/m1/s1. The highest BCUT2D eigenvalue weighted by atomic mass is 35.5. The van der Waals surface area contributed by atoms with Gasteiger partial charge in [0.15, 0.2) is 0 Å². The lowest BCUT2D eigenvalue weighted by atomic mass is 9.71. The molecular weight excluding hydrogens is 604 g/mol. The average Bonchev–Trinajstić information content (AvgIpc) is 3.00. The molecule has 11 heteroatoms. The predicted octanol–water partition coefficient (Wildman–Crippen LogP) is 7.82. The minimum atomic E-state index is -4.96. The molecule has 2 saturated heterocycles. The van der Waals surface area contributed by atoms with Crippen LogP contribution in [0.5, 0.6) is 0 Å². The van der Waals surface area contributed by atoms with Crippen LogP contribution in [0.1, 0.15) is 73.6 Å². The van der Waals surface area contributed by atoms with Crippen LogP contribution in [0.15, 0.2) is 42.5 Å². The maximum absolute atomic E-state index is 13.5. The largest absolute Gasteiger partial charge is 0.416 e. The van der Waals surface area contributed by atoms with Gasteiger partial charge in [0, 0.05) is 55.7 Å². The highest BCUT2D eigenvalue weighted by Crippen LogP contribution is 2.40. The third-order valence-electron chi connectivity index (χ3n) is 9.77. The van der Waals surface area contributed by atoms with E-state index in [9.17, 15) is 31.1 Å². The number of benzene rings is 2. The monoisotopic (exact) mass is 643 g/mol. The molecular formula is C33H40ClF6N3O. The van der Waals surface area contributed by atoms with Crippen LogP contribution in [0.25, 0.3) is 0 Å². The van der Waals surface area contributed by atoms with E-state index in [0.29, 0.717) is 42.7 Å². The average molecular weight is 644 g/mol. The number of alkyl halides is 6. The molecule has 2 aromatic carbocycles. The van der Waals surface area contributed by atoms with Crippen molar-refractivity contribution in [3.63, 3.8) is 0 Å². The smallest absolute Gasteiger partial charge is 0.342 e. The summed E-state index contributed by atoms with van der Waals surface area (Å²) in [6, 6.07) is 9.66. The zero-order valence-electron chi connectivity index (χ0n) is 24.8. The Hall–Kier alpha value is -2.30. The molecule has 2 aromatic rings. The SMILES string of the molecule is O=C(Cc1cc(C(F)(F)F)cc(C(F)(F)F)c1)N1CCC[C@](CCN2CCN(C3CCCCC3)CC2)(c2cccc(Cl)c2)C1. The Labute approximate surface area is 260 Å². The van der Waals surface area contributed by atoms with E-state index in [2.05, 4.69) is 9.80 Å². The van der Waals surface area contributed by atoms with Crippen molar-refractivity contribution in [2.24, 2.45) is 0 Å². The summed E-state index contributed by atoms with van der Waals surface area (Å²) in [7, 11) is 0. The molecule has 1 atom stereocenters. The van der Waals surface area contributed by atoms with Crippen LogP contribution in [0, 0.1) is 0 Å². The van der Waals surface area contributed by atoms with Gasteiger partial charge in [-0.3, -0.25) is 9.69 Å². The molecule has 1 amide bonds. The van der Waals surface area contributed by atoms with Crippen molar-refractivity contribution in [3.8, 4) is 0 Å². The Balaban J connectivity index is 1.30. The number of amides is 1. The molecule has 5 rings (SSSR count). The summed E-state index contributed by atoms with van der Waals surface area (Å²) in [6.07, 6.45) is -1.73. The minimum absolute atomic E-state index is 0.0913. The second kappa shape index (κ2) is 13.6. The van der Waals surface area contributed by atoms with E-state index in [0.717, 1.165) is 51.1 Å². The summed E-state index contributed by atoms with van der Waals surface area (Å²) in [6.45, 7) is 5.58. The third kappa shape index (κ3) is 8.10. The Morgan fingerprint density at radius 3 is 2.11 bits per heavy atom. The van der Waals surface area contributed by atoms with Crippen LogP contribution in [0.4, 0.5) is 26.3 Å². The normalized spacial score (nSPS) is 23.2. The van der Waals surface area contributed by atoms with Crippen LogP contribution in [0.2, 0.25) is 5.02 Å². The van der Waals surface area contributed by atoms with Crippen molar-refractivity contribution in [1.29, 1.82) is 0 Å². The lowest BCUT2D eigenvalue weighted by Crippen LogP contribution is -2.53.